The maximum absolute atomic E-state index is 12.1. The molecule has 0 atom stereocenters. The van der Waals surface area contributed by atoms with Crippen LogP contribution in [0.4, 0.5) is 0 Å². The standard InChI is InChI=1S/C11H10N4OS/c16-9-8-6-3-1-2-4-7(6)17-10(8)15-5-12-14-11(15)13-9/h5H,1-4H2,(H,13,14,16). The second-order valence-electron chi connectivity index (χ2n) is 4.37. The first-order valence-corrected chi connectivity index (χ1v) is 6.52. The normalized spacial score (nSPS) is 15.5. The van der Waals surface area contributed by atoms with Crippen molar-refractivity contribution in [2.24, 2.45) is 0 Å². The summed E-state index contributed by atoms with van der Waals surface area (Å²) < 4.78 is 1.87. The Morgan fingerprint density at radius 1 is 1.35 bits per heavy atom. The van der Waals surface area contributed by atoms with Gasteiger partial charge in [-0.25, -0.2) is 0 Å². The number of aryl methyl sites for hydroxylation is 2. The second-order valence-corrected chi connectivity index (χ2v) is 5.45. The molecule has 0 unspecified atom stereocenters. The lowest BCUT2D eigenvalue weighted by Gasteiger charge is -2.09. The number of aromatic nitrogens is 4. The first-order valence-electron chi connectivity index (χ1n) is 5.71. The Bertz CT molecular complexity index is 782. The van der Waals surface area contributed by atoms with Crippen LogP contribution in [0.1, 0.15) is 23.3 Å². The van der Waals surface area contributed by atoms with Gasteiger partial charge in [-0.2, -0.15) is 0 Å². The fourth-order valence-electron chi connectivity index (χ4n) is 2.59. The summed E-state index contributed by atoms with van der Waals surface area (Å²) in [4.78, 5) is 17.2. The van der Waals surface area contributed by atoms with Crippen molar-refractivity contribution in [1.29, 1.82) is 0 Å². The third-order valence-electron chi connectivity index (χ3n) is 3.37. The maximum atomic E-state index is 12.1. The summed E-state index contributed by atoms with van der Waals surface area (Å²) in [5.74, 6) is 0.529. The van der Waals surface area contributed by atoms with Crippen molar-refractivity contribution in [2.75, 3.05) is 0 Å². The maximum Gasteiger partial charge on any atom is 0.261 e. The molecular weight excluding hydrogens is 236 g/mol. The Kier molecular flexibility index (Phi) is 1.74. The molecule has 0 bridgehead atoms. The molecule has 0 fully saturated rings. The molecule has 6 heteroatoms. The molecule has 3 heterocycles. The van der Waals surface area contributed by atoms with Gasteiger partial charge in [0.1, 0.15) is 11.2 Å². The SMILES string of the molecule is O=c1[nH]c2nncn2c2sc3c(c12)CCCC3. The third kappa shape index (κ3) is 1.16. The van der Waals surface area contributed by atoms with Crippen LogP contribution in [0, 0.1) is 0 Å². The molecular formula is C11H10N4OS. The van der Waals surface area contributed by atoms with Crippen LogP contribution < -0.4 is 5.56 Å². The average molecular weight is 246 g/mol. The lowest BCUT2D eigenvalue weighted by atomic mass is 9.97. The lowest BCUT2D eigenvalue weighted by molar-refractivity contribution is 0.700. The topological polar surface area (TPSA) is 63.0 Å². The number of fused-ring (bicyclic) bond motifs is 5. The van der Waals surface area contributed by atoms with Crippen LogP contribution in [-0.4, -0.2) is 19.6 Å². The molecule has 0 amide bonds. The molecule has 86 valence electrons. The highest BCUT2D eigenvalue weighted by Gasteiger charge is 2.20. The first kappa shape index (κ1) is 9.35. The molecule has 17 heavy (non-hydrogen) atoms. The summed E-state index contributed by atoms with van der Waals surface area (Å²) in [7, 11) is 0. The van der Waals surface area contributed by atoms with Crippen LogP contribution in [0.3, 0.4) is 0 Å². The zero-order chi connectivity index (χ0) is 11.4. The molecule has 0 aromatic carbocycles. The Hall–Kier alpha value is -1.69. The van der Waals surface area contributed by atoms with Crippen molar-refractivity contribution < 1.29 is 0 Å². The fourth-order valence-corrected chi connectivity index (χ4v) is 3.95. The van der Waals surface area contributed by atoms with E-state index in [0.717, 1.165) is 23.1 Å². The molecule has 3 aromatic rings. The molecule has 1 N–H and O–H groups in total. The van der Waals surface area contributed by atoms with Gasteiger partial charge in [-0.3, -0.25) is 14.2 Å². The van der Waals surface area contributed by atoms with E-state index in [0.29, 0.717) is 5.78 Å². The van der Waals surface area contributed by atoms with Crippen LogP contribution in [0.2, 0.25) is 0 Å². The summed E-state index contributed by atoms with van der Waals surface area (Å²) in [5, 5.41) is 8.59. The van der Waals surface area contributed by atoms with Gasteiger partial charge in [-0.15, -0.1) is 21.5 Å². The molecule has 0 radical (unpaired) electrons. The molecule has 1 aliphatic carbocycles. The summed E-state index contributed by atoms with van der Waals surface area (Å²) in [6.45, 7) is 0. The summed E-state index contributed by atoms with van der Waals surface area (Å²) in [6.07, 6.45) is 6.18. The highest BCUT2D eigenvalue weighted by molar-refractivity contribution is 7.18. The van der Waals surface area contributed by atoms with E-state index in [1.807, 2.05) is 4.40 Å². The van der Waals surface area contributed by atoms with Crippen LogP contribution in [0.15, 0.2) is 11.1 Å². The first-order chi connectivity index (χ1) is 8.34. The molecule has 0 saturated carbocycles. The van der Waals surface area contributed by atoms with Gasteiger partial charge in [0.05, 0.1) is 5.39 Å². The molecule has 4 rings (SSSR count). The van der Waals surface area contributed by atoms with E-state index >= 15 is 0 Å². The fraction of sp³-hybridized carbons (Fsp3) is 0.364. The third-order valence-corrected chi connectivity index (χ3v) is 4.66. The number of thiophene rings is 1. The zero-order valence-corrected chi connectivity index (χ0v) is 9.88. The van der Waals surface area contributed by atoms with Crippen molar-refractivity contribution in [3.05, 3.63) is 27.1 Å². The zero-order valence-electron chi connectivity index (χ0n) is 9.06. The van der Waals surface area contributed by atoms with Crippen molar-refractivity contribution >= 4 is 27.3 Å². The number of aromatic amines is 1. The minimum Gasteiger partial charge on any atom is -0.290 e. The highest BCUT2D eigenvalue weighted by atomic mass is 32.1. The van der Waals surface area contributed by atoms with Gasteiger partial charge < -0.3 is 0 Å². The molecule has 0 saturated heterocycles. The number of hydrogen-bond donors (Lipinski definition) is 1. The Labute approximate surface area is 100 Å². The van der Waals surface area contributed by atoms with Crippen LogP contribution in [-0.2, 0) is 12.8 Å². The van der Waals surface area contributed by atoms with E-state index in [1.165, 1.54) is 23.3 Å². The molecule has 3 aromatic heterocycles. The Balaban J connectivity index is 2.26. The van der Waals surface area contributed by atoms with Crippen LogP contribution in [0.25, 0.3) is 16.0 Å². The van der Waals surface area contributed by atoms with E-state index in [-0.39, 0.29) is 5.56 Å². The summed E-state index contributed by atoms with van der Waals surface area (Å²) in [5.41, 5.74) is 1.22. The number of nitrogens with one attached hydrogen (secondary N) is 1. The predicted octanol–water partition coefficient (Wildman–Crippen LogP) is 1.51. The molecule has 5 nitrogen and oxygen atoms in total. The van der Waals surface area contributed by atoms with E-state index in [9.17, 15) is 4.79 Å². The van der Waals surface area contributed by atoms with Crippen molar-refractivity contribution in [3.63, 3.8) is 0 Å². The number of hydrogen-bond acceptors (Lipinski definition) is 4. The average Bonchev–Trinajstić information content (AvgIpc) is 2.91. The van der Waals surface area contributed by atoms with Gasteiger partial charge in [0.25, 0.3) is 5.56 Å². The van der Waals surface area contributed by atoms with Crippen LogP contribution >= 0.6 is 11.3 Å². The summed E-state index contributed by atoms with van der Waals surface area (Å²) in [6, 6.07) is 0. The number of H-pyrrole nitrogens is 1. The smallest absolute Gasteiger partial charge is 0.261 e. The minimum atomic E-state index is -0.0279. The molecule has 0 aliphatic heterocycles. The van der Waals surface area contributed by atoms with Gasteiger partial charge in [-0.05, 0) is 31.2 Å². The molecule has 0 spiro atoms. The largest absolute Gasteiger partial charge is 0.290 e. The highest BCUT2D eigenvalue weighted by Crippen LogP contribution is 2.34. The quantitative estimate of drug-likeness (QED) is 0.654. The van der Waals surface area contributed by atoms with Gasteiger partial charge in [-0.1, -0.05) is 0 Å². The van der Waals surface area contributed by atoms with E-state index in [2.05, 4.69) is 15.2 Å². The Morgan fingerprint density at radius 2 is 2.24 bits per heavy atom. The van der Waals surface area contributed by atoms with Crippen LogP contribution in [0.5, 0.6) is 0 Å². The van der Waals surface area contributed by atoms with Crippen molar-refractivity contribution in [3.8, 4) is 0 Å². The van der Waals surface area contributed by atoms with Gasteiger partial charge in [0, 0.05) is 4.88 Å². The predicted molar refractivity (Wildman–Crippen MR) is 65.6 cm³/mol. The van der Waals surface area contributed by atoms with Crippen molar-refractivity contribution in [1.82, 2.24) is 19.6 Å². The van der Waals surface area contributed by atoms with Crippen molar-refractivity contribution in [2.45, 2.75) is 25.7 Å². The van der Waals surface area contributed by atoms with E-state index in [4.69, 9.17) is 0 Å². The monoisotopic (exact) mass is 246 g/mol. The van der Waals surface area contributed by atoms with E-state index in [1.54, 1.807) is 17.7 Å². The van der Waals surface area contributed by atoms with E-state index < -0.39 is 0 Å². The van der Waals surface area contributed by atoms with Gasteiger partial charge in [0.15, 0.2) is 0 Å². The Morgan fingerprint density at radius 3 is 3.18 bits per heavy atom. The minimum absolute atomic E-state index is 0.0279. The molecule has 1 aliphatic rings. The lowest BCUT2D eigenvalue weighted by Crippen LogP contribution is -2.11. The summed E-state index contributed by atoms with van der Waals surface area (Å²) >= 11 is 1.71. The second kappa shape index (κ2) is 3.16. The number of nitrogens with zero attached hydrogens (tertiary/aromatic N) is 3. The number of rotatable bonds is 0. The van der Waals surface area contributed by atoms with Gasteiger partial charge in [0.2, 0.25) is 5.78 Å². The van der Waals surface area contributed by atoms with Gasteiger partial charge >= 0.3 is 0 Å².